The van der Waals surface area contributed by atoms with E-state index in [2.05, 4.69) is 16.1 Å². The summed E-state index contributed by atoms with van der Waals surface area (Å²) in [4.78, 5) is 36.3. The molecule has 11 heteroatoms. The van der Waals surface area contributed by atoms with Gasteiger partial charge in [-0.25, -0.2) is 10.2 Å². The van der Waals surface area contributed by atoms with Crippen LogP contribution in [0.1, 0.15) is 12.5 Å². The molecule has 154 valence electrons. The summed E-state index contributed by atoms with van der Waals surface area (Å²) in [5, 5.41) is 6.85. The normalized spacial score (nSPS) is 14.8. The molecule has 0 spiro atoms. The van der Waals surface area contributed by atoms with Crippen molar-refractivity contribution in [3.05, 3.63) is 63.0 Å². The number of thiocarbonyl (C=S) groups is 1. The Kier molecular flexibility index (Phi) is 6.99. The second-order valence-corrected chi connectivity index (χ2v) is 8.51. The first-order valence-corrected chi connectivity index (χ1v) is 10.4. The minimum Gasteiger partial charge on any atom is -0.326 e. The van der Waals surface area contributed by atoms with E-state index in [1.54, 1.807) is 42.5 Å². The van der Waals surface area contributed by atoms with Gasteiger partial charge in [0.05, 0.1) is 15.0 Å². The number of hydrogen-bond donors (Lipinski definition) is 3. The molecule has 0 bridgehead atoms. The number of nitrogens with one attached hydrogen (secondary N) is 3. The molecular formula is C19H14Cl2N4O3S2. The number of carbonyl (C=O) groups is 3. The van der Waals surface area contributed by atoms with Crippen LogP contribution in [0, 0.1) is 0 Å². The third kappa shape index (κ3) is 5.51. The van der Waals surface area contributed by atoms with Crippen molar-refractivity contribution in [1.29, 1.82) is 0 Å². The Hall–Kier alpha value is -2.59. The van der Waals surface area contributed by atoms with Crippen LogP contribution in [0.3, 0.4) is 0 Å². The summed E-state index contributed by atoms with van der Waals surface area (Å²) in [6.07, 6.45) is 1.65. The van der Waals surface area contributed by atoms with Crippen LogP contribution >= 0.6 is 47.2 Å². The molecule has 1 heterocycles. The molecule has 0 aliphatic carbocycles. The number of nitrogens with zero attached hydrogens (tertiary/aromatic N) is 1. The maximum atomic E-state index is 12.6. The lowest BCUT2D eigenvalue weighted by Gasteiger charge is -2.16. The summed E-state index contributed by atoms with van der Waals surface area (Å²) in [6.45, 7) is 1.42. The van der Waals surface area contributed by atoms with Gasteiger partial charge >= 0.3 is 6.03 Å². The summed E-state index contributed by atoms with van der Waals surface area (Å²) < 4.78 is 0.186. The van der Waals surface area contributed by atoms with E-state index in [1.807, 2.05) is 0 Å². The molecule has 0 aromatic heterocycles. The van der Waals surface area contributed by atoms with E-state index in [0.717, 1.165) is 22.3 Å². The number of thioether (sulfide) groups is 1. The van der Waals surface area contributed by atoms with Gasteiger partial charge in [-0.15, -0.1) is 0 Å². The van der Waals surface area contributed by atoms with Gasteiger partial charge in [-0.3, -0.25) is 9.59 Å². The van der Waals surface area contributed by atoms with E-state index in [9.17, 15) is 14.4 Å². The minimum absolute atomic E-state index is 0.172. The van der Waals surface area contributed by atoms with Gasteiger partial charge in [0.25, 0.3) is 5.91 Å². The van der Waals surface area contributed by atoms with Crippen molar-refractivity contribution in [3.63, 3.8) is 0 Å². The Morgan fingerprint density at radius 1 is 1.03 bits per heavy atom. The SMILES string of the molecule is CC(=O)Nc1ccc(/C=C2\SC(=S)N(NC(=O)Nc3ccc(Cl)c(Cl)c3)C2=O)cc1. The molecule has 1 saturated heterocycles. The Balaban J connectivity index is 1.66. The van der Waals surface area contributed by atoms with Crippen LogP contribution in [0.15, 0.2) is 47.4 Å². The van der Waals surface area contributed by atoms with E-state index >= 15 is 0 Å². The van der Waals surface area contributed by atoms with Crippen LogP contribution in [0.4, 0.5) is 16.2 Å². The molecule has 1 aliphatic heterocycles. The van der Waals surface area contributed by atoms with Crippen LogP contribution in [-0.2, 0) is 9.59 Å². The number of hydrogen-bond acceptors (Lipinski definition) is 5. The average molecular weight is 481 g/mol. The third-order valence-electron chi connectivity index (χ3n) is 3.71. The van der Waals surface area contributed by atoms with E-state index in [1.165, 1.54) is 13.0 Å². The molecule has 7 nitrogen and oxygen atoms in total. The number of amides is 4. The van der Waals surface area contributed by atoms with Crippen molar-refractivity contribution >= 4 is 86.8 Å². The number of urea groups is 1. The van der Waals surface area contributed by atoms with Gasteiger partial charge in [0.2, 0.25) is 5.91 Å². The number of hydrazine groups is 1. The summed E-state index contributed by atoms with van der Waals surface area (Å²) >= 11 is 18.0. The first kappa shape index (κ1) is 22.1. The molecule has 3 N–H and O–H groups in total. The van der Waals surface area contributed by atoms with Crippen molar-refractivity contribution in [2.45, 2.75) is 6.92 Å². The van der Waals surface area contributed by atoms with Crippen molar-refractivity contribution in [3.8, 4) is 0 Å². The van der Waals surface area contributed by atoms with Gasteiger partial charge in [0, 0.05) is 18.3 Å². The molecule has 0 unspecified atom stereocenters. The molecule has 30 heavy (non-hydrogen) atoms. The first-order chi connectivity index (χ1) is 14.2. The summed E-state index contributed by atoms with van der Waals surface area (Å²) in [5.41, 5.74) is 4.21. The van der Waals surface area contributed by atoms with Gasteiger partial charge in [-0.2, -0.15) is 5.01 Å². The molecule has 0 radical (unpaired) electrons. The van der Waals surface area contributed by atoms with Crippen LogP contribution in [0.5, 0.6) is 0 Å². The Morgan fingerprint density at radius 3 is 2.33 bits per heavy atom. The Morgan fingerprint density at radius 2 is 1.70 bits per heavy atom. The van der Waals surface area contributed by atoms with Crippen LogP contribution in [0.25, 0.3) is 6.08 Å². The Bertz CT molecular complexity index is 1070. The zero-order chi connectivity index (χ0) is 21.8. The average Bonchev–Trinajstić information content (AvgIpc) is 2.93. The van der Waals surface area contributed by atoms with Crippen molar-refractivity contribution < 1.29 is 14.4 Å². The zero-order valence-electron chi connectivity index (χ0n) is 15.4. The lowest BCUT2D eigenvalue weighted by molar-refractivity contribution is -0.123. The van der Waals surface area contributed by atoms with Crippen LogP contribution < -0.4 is 16.1 Å². The molecule has 1 fully saturated rings. The van der Waals surface area contributed by atoms with Gasteiger partial charge in [-0.05, 0) is 54.2 Å². The highest BCUT2D eigenvalue weighted by atomic mass is 35.5. The minimum atomic E-state index is -0.661. The summed E-state index contributed by atoms with van der Waals surface area (Å²) in [5.74, 6) is -0.630. The predicted molar refractivity (Wildman–Crippen MR) is 124 cm³/mol. The highest BCUT2D eigenvalue weighted by Gasteiger charge is 2.33. The van der Waals surface area contributed by atoms with Gasteiger partial charge < -0.3 is 10.6 Å². The van der Waals surface area contributed by atoms with E-state index < -0.39 is 11.9 Å². The molecule has 2 aromatic carbocycles. The molecular weight excluding hydrogens is 467 g/mol. The standard InChI is InChI=1S/C19H14Cl2N4O3S2/c1-10(26)22-12-4-2-11(3-5-12)8-16-17(27)25(19(29)30-16)24-18(28)23-13-6-7-14(20)15(21)9-13/h2-9H,1H3,(H,22,26)(H2,23,24,28)/b16-8-. The maximum absolute atomic E-state index is 12.6. The van der Waals surface area contributed by atoms with Crippen molar-refractivity contribution in [2.75, 3.05) is 10.6 Å². The zero-order valence-corrected chi connectivity index (χ0v) is 18.5. The van der Waals surface area contributed by atoms with Gasteiger partial charge in [-0.1, -0.05) is 47.1 Å². The fourth-order valence-electron chi connectivity index (χ4n) is 2.42. The second kappa shape index (κ2) is 9.48. The van der Waals surface area contributed by atoms with E-state index in [4.69, 9.17) is 35.4 Å². The fraction of sp³-hybridized carbons (Fsp3) is 0.0526. The lowest BCUT2D eigenvalue weighted by Crippen LogP contribution is -2.46. The highest BCUT2D eigenvalue weighted by molar-refractivity contribution is 8.26. The van der Waals surface area contributed by atoms with Crippen molar-refractivity contribution in [2.24, 2.45) is 0 Å². The topological polar surface area (TPSA) is 90.5 Å². The quantitative estimate of drug-likeness (QED) is 0.428. The largest absolute Gasteiger partial charge is 0.338 e. The van der Waals surface area contributed by atoms with Crippen LogP contribution in [0.2, 0.25) is 10.0 Å². The number of anilines is 2. The number of halogens is 2. The Labute approximate surface area is 191 Å². The molecule has 2 aromatic rings. The summed E-state index contributed by atoms with van der Waals surface area (Å²) in [6, 6.07) is 10.9. The highest BCUT2D eigenvalue weighted by Crippen LogP contribution is 2.31. The molecule has 4 amide bonds. The smallest absolute Gasteiger partial charge is 0.326 e. The number of benzene rings is 2. The molecule has 0 saturated carbocycles. The number of rotatable bonds is 4. The monoisotopic (exact) mass is 480 g/mol. The molecule has 3 rings (SSSR count). The van der Waals surface area contributed by atoms with Crippen molar-refractivity contribution in [1.82, 2.24) is 10.4 Å². The number of carbonyl (C=O) groups excluding carboxylic acids is 3. The molecule has 0 atom stereocenters. The van der Waals surface area contributed by atoms with E-state index in [0.29, 0.717) is 21.3 Å². The molecule has 1 aliphatic rings. The predicted octanol–water partition coefficient (Wildman–Crippen LogP) is 4.89. The second-order valence-electron chi connectivity index (χ2n) is 6.02. The van der Waals surface area contributed by atoms with Crippen LogP contribution in [-0.4, -0.2) is 27.2 Å². The summed E-state index contributed by atoms with van der Waals surface area (Å²) in [7, 11) is 0. The fourth-order valence-corrected chi connectivity index (χ4v) is 3.89. The van der Waals surface area contributed by atoms with Gasteiger partial charge in [0.15, 0.2) is 4.32 Å². The lowest BCUT2D eigenvalue weighted by atomic mass is 10.2. The van der Waals surface area contributed by atoms with Gasteiger partial charge in [0.1, 0.15) is 0 Å². The van der Waals surface area contributed by atoms with E-state index in [-0.39, 0.29) is 15.3 Å². The maximum Gasteiger partial charge on any atom is 0.338 e. The first-order valence-electron chi connectivity index (χ1n) is 8.41. The third-order valence-corrected chi connectivity index (χ3v) is 5.75.